The lowest BCUT2D eigenvalue weighted by molar-refractivity contribution is -0.127. The van der Waals surface area contributed by atoms with Crippen molar-refractivity contribution in [1.82, 2.24) is 10.2 Å². The topological polar surface area (TPSA) is 104 Å². The van der Waals surface area contributed by atoms with Gasteiger partial charge in [0, 0.05) is 17.9 Å². The molecule has 3 N–H and O–H groups in total. The van der Waals surface area contributed by atoms with Crippen LogP contribution in [-0.4, -0.2) is 35.3 Å². The van der Waals surface area contributed by atoms with E-state index in [1.54, 1.807) is 29.2 Å². The number of urea groups is 1. The van der Waals surface area contributed by atoms with E-state index in [1.165, 1.54) is 6.26 Å². The average molecular weight is 461 g/mol. The van der Waals surface area contributed by atoms with Crippen LogP contribution in [0.1, 0.15) is 48.3 Å². The molecule has 2 aromatic carbocycles. The number of furan rings is 1. The number of amides is 4. The van der Waals surface area contributed by atoms with Crippen LogP contribution in [0.4, 0.5) is 16.2 Å². The van der Waals surface area contributed by atoms with Crippen molar-refractivity contribution in [1.29, 1.82) is 0 Å². The molecule has 2 atom stereocenters. The Labute approximate surface area is 198 Å². The number of para-hydroxylation sites is 1. The molecular weight excluding hydrogens is 432 g/mol. The number of carbonyl (C=O) groups excluding carboxylic acids is 3. The molecule has 1 saturated heterocycles. The molecule has 1 aliphatic rings. The lowest BCUT2D eigenvalue weighted by Crippen LogP contribution is -2.52. The Morgan fingerprint density at radius 3 is 2.29 bits per heavy atom. The molecule has 176 valence electrons. The van der Waals surface area contributed by atoms with Gasteiger partial charge in [-0.15, -0.1) is 0 Å². The standard InChI is InChI=1S/C26H28N4O4/c1-18(19-12-14-21(15-13-19)29-26(33)28-20-8-3-2-4-9-20)27-24(31)22-10-5-6-16-30(22)25(32)23-11-7-17-34-23/h2-4,7-9,11-15,17-18,22H,5-6,10,16H2,1H3,(H,27,31)(H2,28,29,33). The lowest BCUT2D eigenvalue weighted by Gasteiger charge is -2.34. The maximum atomic E-state index is 13.1. The number of hydrogen-bond donors (Lipinski definition) is 3. The number of likely N-dealkylation sites (tertiary alicyclic amines) is 1. The summed E-state index contributed by atoms with van der Waals surface area (Å²) >= 11 is 0. The van der Waals surface area contributed by atoms with Crippen molar-refractivity contribution >= 4 is 29.2 Å². The van der Waals surface area contributed by atoms with Crippen LogP contribution in [0.3, 0.4) is 0 Å². The summed E-state index contributed by atoms with van der Waals surface area (Å²) in [6.45, 7) is 2.42. The number of benzene rings is 2. The molecule has 3 aromatic rings. The van der Waals surface area contributed by atoms with Crippen LogP contribution in [-0.2, 0) is 4.79 Å². The first kappa shape index (κ1) is 23.1. The summed E-state index contributed by atoms with van der Waals surface area (Å²) < 4.78 is 5.24. The highest BCUT2D eigenvalue weighted by molar-refractivity contribution is 5.99. The van der Waals surface area contributed by atoms with Gasteiger partial charge in [-0.05, 0) is 68.1 Å². The Kier molecular flexibility index (Phi) is 7.27. The molecule has 1 aliphatic heterocycles. The van der Waals surface area contributed by atoms with Crippen molar-refractivity contribution in [3.05, 3.63) is 84.3 Å². The zero-order chi connectivity index (χ0) is 23.9. The Bertz CT molecular complexity index is 1110. The number of piperidine rings is 1. The van der Waals surface area contributed by atoms with Crippen LogP contribution in [0, 0.1) is 0 Å². The first-order valence-electron chi connectivity index (χ1n) is 11.4. The Morgan fingerprint density at radius 2 is 1.62 bits per heavy atom. The van der Waals surface area contributed by atoms with Gasteiger partial charge in [-0.3, -0.25) is 9.59 Å². The fourth-order valence-corrected chi connectivity index (χ4v) is 4.05. The number of rotatable bonds is 6. The van der Waals surface area contributed by atoms with Crippen molar-refractivity contribution in [3.8, 4) is 0 Å². The summed E-state index contributed by atoms with van der Waals surface area (Å²) in [4.78, 5) is 39.6. The molecule has 8 heteroatoms. The number of anilines is 2. The van der Waals surface area contributed by atoms with Gasteiger partial charge in [0.05, 0.1) is 12.3 Å². The number of carbonyl (C=O) groups is 3. The largest absolute Gasteiger partial charge is 0.459 e. The number of nitrogens with zero attached hydrogens (tertiary/aromatic N) is 1. The third-order valence-corrected chi connectivity index (χ3v) is 5.86. The molecular formula is C26H28N4O4. The number of nitrogens with one attached hydrogen (secondary N) is 3. The second kappa shape index (κ2) is 10.7. The summed E-state index contributed by atoms with van der Waals surface area (Å²) in [5, 5.41) is 8.58. The van der Waals surface area contributed by atoms with E-state index in [9.17, 15) is 14.4 Å². The van der Waals surface area contributed by atoms with Crippen molar-refractivity contribution in [2.75, 3.05) is 17.2 Å². The van der Waals surface area contributed by atoms with Crippen LogP contribution < -0.4 is 16.0 Å². The second-order valence-electron chi connectivity index (χ2n) is 8.28. The summed E-state index contributed by atoms with van der Waals surface area (Å²) in [6.07, 6.45) is 3.82. The van der Waals surface area contributed by atoms with Gasteiger partial charge in [0.2, 0.25) is 5.91 Å². The molecule has 0 radical (unpaired) electrons. The smallest absolute Gasteiger partial charge is 0.323 e. The second-order valence-corrected chi connectivity index (χ2v) is 8.28. The fraction of sp³-hybridized carbons (Fsp3) is 0.269. The van der Waals surface area contributed by atoms with E-state index in [4.69, 9.17) is 4.42 Å². The molecule has 4 rings (SSSR count). The number of hydrogen-bond acceptors (Lipinski definition) is 4. The quantitative estimate of drug-likeness (QED) is 0.492. The zero-order valence-corrected chi connectivity index (χ0v) is 19.0. The normalized spacial score (nSPS) is 16.4. The van der Waals surface area contributed by atoms with Gasteiger partial charge in [0.25, 0.3) is 5.91 Å². The third-order valence-electron chi connectivity index (χ3n) is 5.86. The van der Waals surface area contributed by atoms with Gasteiger partial charge in [-0.2, -0.15) is 0 Å². The minimum atomic E-state index is -0.531. The molecule has 1 aromatic heterocycles. The molecule has 1 fully saturated rings. The van der Waals surface area contributed by atoms with Crippen LogP contribution in [0.25, 0.3) is 0 Å². The van der Waals surface area contributed by atoms with E-state index >= 15 is 0 Å². The van der Waals surface area contributed by atoms with Crippen molar-refractivity contribution < 1.29 is 18.8 Å². The van der Waals surface area contributed by atoms with Gasteiger partial charge >= 0.3 is 6.03 Å². The van der Waals surface area contributed by atoms with Gasteiger partial charge in [0.15, 0.2) is 5.76 Å². The first-order valence-corrected chi connectivity index (χ1v) is 11.4. The summed E-state index contributed by atoms with van der Waals surface area (Å²) in [5.74, 6) is -0.203. The fourth-order valence-electron chi connectivity index (χ4n) is 4.05. The highest BCUT2D eigenvalue weighted by Gasteiger charge is 2.34. The third kappa shape index (κ3) is 5.64. The first-order chi connectivity index (χ1) is 16.5. The minimum absolute atomic E-state index is 0.184. The summed E-state index contributed by atoms with van der Waals surface area (Å²) in [6, 6.07) is 18.6. The Balaban J connectivity index is 1.34. The van der Waals surface area contributed by atoms with Crippen LogP contribution in [0.5, 0.6) is 0 Å². The maximum Gasteiger partial charge on any atom is 0.323 e. The molecule has 0 saturated carbocycles. The summed E-state index contributed by atoms with van der Waals surface area (Å²) in [5.41, 5.74) is 2.23. The van der Waals surface area contributed by atoms with Crippen molar-refractivity contribution in [2.45, 2.75) is 38.3 Å². The summed E-state index contributed by atoms with van der Waals surface area (Å²) in [7, 11) is 0. The monoisotopic (exact) mass is 460 g/mol. The molecule has 0 spiro atoms. The van der Waals surface area contributed by atoms with E-state index in [0.29, 0.717) is 24.3 Å². The SMILES string of the molecule is CC(NC(=O)C1CCCCN1C(=O)c1ccco1)c1ccc(NC(=O)Nc2ccccc2)cc1. The maximum absolute atomic E-state index is 13.1. The molecule has 0 bridgehead atoms. The molecule has 2 unspecified atom stereocenters. The van der Waals surface area contributed by atoms with E-state index in [1.807, 2.05) is 49.4 Å². The van der Waals surface area contributed by atoms with Gasteiger partial charge < -0.3 is 25.3 Å². The molecule has 2 heterocycles. The van der Waals surface area contributed by atoms with Crippen LogP contribution in [0.2, 0.25) is 0 Å². The van der Waals surface area contributed by atoms with Crippen LogP contribution >= 0.6 is 0 Å². The van der Waals surface area contributed by atoms with E-state index in [2.05, 4.69) is 16.0 Å². The molecule has 4 amide bonds. The minimum Gasteiger partial charge on any atom is -0.459 e. The van der Waals surface area contributed by atoms with Gasteiger partial charge in [-0.1, -0.05) is 30.3 Å². The average Bonchev–Trinajstić information content (AvgIpc) is 3.39. The molecule has 0 aliphatic carbocycles. The van der Waals surface area contributed by atoms with Gasteiger partial charge in [-0.25, -0.2) is 4.79 Å². The highest BCUT2D eigenvalue weighted by Crippen LogP contribution is 2.22. The molecule has 8 nitrogen and oxygen atoms in total. The van der Waals surface area contributed by atoms with Gasteiger partial charge in [0.1, 0.15) is 6.04 Å². The molecule has 34 heavy (non-hydrogen) atoms. The highest BCUT2D eigenvalue weighted by atomic mass is 16.3. The van der Waals surface area contributed by atoms with Crippen molar-refractivity contribution in [3.63, 3.8) is 0 Å². The predicted molar refractivity (Wildman–Crippen MR) is 129 cm³/mol. The Hall–Kier alpha value is -4.07. The lowest BCUT2D eigenvalue weighted by atomic mass is 10.00. The predicted octanol–water partition coefficient (Wildman–Crippen LogP) is 4.80. The van der Waals surface area contributed by atoms with E-state index in [0.717, 1.165) is 18.4 Å². The van der Waals surface area contributed by atoms with E-state index < -0.39 is 6.04 Å². The Morgan fingerprint density at radius 1 is 0.912 bits per heavy atom. The van der Waals surface area contributed by atoms with E-state index in [-0.39, 0.29) is 29.6 Å². The van der Waals surface area contributed by atoms with Crippen molar-refractivity contribution in [2.24, 2.45) is 0 Å². The van der Waals surface area contributed by atoms with Crippen LogP contribution in [0.15, 0.2) is 77.4 Å². The zero-order valence-electron chi connectivity index (χ0n) is 19.0.